The number of aryl methyl sites for hydroxylation is 1. The van der Waals surface area contributed by atoms with Crippen LogP contribution in [0.3, 0.4) is 0 Å². The number of nitrogens with zero attached hydrogens (tertiary/aromatic N) is 4. The summed E-state index contributed by atoms with van der Waals surface area (Å²) in [5.41, 5.74) is 0.691. The normalized spacial score (nSPS) is 14.4. The molecule has 1 aliphatic heterocycles. The van der Waals surface area contributed by atoms with Crippen molar-refractivity contribution in [2.45, 2.75) is 19.4 Å². The zero-order valence-corrected chi connectivity index (χ0v) is 14.1. The monoisotopic (exact) mass is 340 g/mol. The molecule has 6 heteroatoms. The van der Waals surface area contributed by atoms with Crippen LogP contribution in [0.25, 0.3) is 0 Å². The number of hydrogen-bond donors (Lipinski definition) is 0. The summed E-state index contributed by atoms with van der Waals surface area (Å²) in [7, 11) is 0. The van der Waals surface area contributed by atoms with Crippen molar-refractivity contribution in [3.8, 4) is 6.07 Å². The molecule has 2 aromatic rings. The first-order valence-corrected chi connectivity index (χ1v) is 8.51. The van der Waals surface area contributed by atoms with Gasteiger partial charge in [-0.05, 0) is 30.7 Å². The van der Waals surface area contributed by atoms with E-state index in [0.29, 0.717) is 38.3 Å². The van der Waals surface area contributed by atoms with Gasteiger partial charge in [0.25, 0.3) is 0 Å². The highest BCUT2D eigenvalue weighted by Gasteiger charge is 2.23. The smallest absolute Gasteiger partial charge is 0.222 e. The van der Waals surface area contributed by atoms with Gasteiger partial charge in [-0.3, -0.25) is 4.79 Å². The van der Waals surface area contributed by atoms with E-state index in [4.69, 9.17) is 5.26 Å². The molecule has 0 unspecified atom stereocenters. The van der Waals surface area contributed by atoms with Crippen molar-refractivity contribution in [1.82, 2.24) is 9.47 Å². The molecule has 5 nitrogen and oxygen atoms in total. The molecule has 0 spiro atoms. The Morgan fingerprint density at radius 3 is 2.52 bits per heavy atom. The van der Waals surface area contributed by atoms with E-state index in [1.807, 2.05) is 40.4 Å². The van der Waals surface area contributed by atoms with Crippen LogP contribution in [0.4, 0.5) is 10.1 Å². The number of amides is 1. The third-order valence-corrected chi connectivity index (χ3v) is 4.55. The molecule has 1 aromatic carbocycles. The fraction of sp³-hybridized carbons (Fsp3) is 0.368. The Morgan fingerprint density at radius 1 is 1.12 bits per heavy atom. The van der Waals surface area contributed by atoms with Gasteiger partial charge >= 0.3 is 0 Å². The summed E-state index contributed by atoms with van der Waals surface area (Å²) in [6.45, 7) is 3.27. The number of carbonyl (C=O) groups excluding carboxylic acids is 1. The lowest BCUT2D eigenvalue weighted by Crippen LogP contribution is -2.49. The minimum atomic E-state index is -0.497. The van der Waals surface area contributed by atoms with Crippen LogP contribution in [-0.2, 0) is 11.3 Å². The van der Waals surface area contributed by atoms with Crippen LogP contribution in [0.2, 0.25) is 0 Å². The number of nitriles is 1. The Morgan fingerprint density at radius 2 is 1.84 bits per heavy atom. The van der Waals surface area contributed by atoms with Crippen molar-refractivity contribution in [3.63, 3.8) is 0 Å². The maximum atomic E-state index is 13.8. The molecule has 0 aliphatic carbocycles. The van der Waals surface area contributed by atoms with E-state index in [9.17, 15) is 9.18 Å². The largest absolute Gasteiger partial charge is 0.367 e. The van der Waals surface area contributed by atoms with Gasteiger partial charge in [0.15, 0.2) is 0 Å². The van der Waals surface area contributed by atoms with E-state index in [1.165, 1.54) is 6.07 Å². The molecule has 2 heterocycles. The second kappa shape index (κ2) is 7.84. The zero-order chi connectivity index (χ0) is 17.6. The molecule has 0 atom stereocenters. The second-order valence-electron chi connectivity index (χ2n) is 6.14. The molecule has 0 N–H and O–H groups in total. The molecule has 0 bridgehead atoms. The number of hydrogen-bond acceptors (Lipinski definition) is 3. The minimum absolute atomic E-state index is 0.0778. The highest BCUT2D eigenvalue weighted by molar-refractivity contribution is 5.76. The van der Waals surface area contributed by atoms with E-state index < -0.39 is 5.82 Å². The van der Waals surface area contributed by atoms with Crippen LogP contribution in [0.1, 0.15) is 18.4 Å². The van der Waals surface area contributed by atoms with E-state index in [2.05, 4.69) is 4.57 Å². The van der Waals surface area contributed by atoms with E-state index in [0.717, 1.165) is 13.0 Å². The molecule has 0 radical (unpaired) electrons. The summed E-state index contributed by atoms with van der Waals surface area (Å²) < 4.78 is 15.8. The van der Waals surface area contributed by atoms with Crippen molar-refractivity contribution in [2.24, 2.45) is 0 Å². The van der Waals surface area contributed by atoms with Gasteiger partial charge < -0.3 is 14.4 Å². The fourth-order valence-corrected chi connectivity index (χ4v) is 3.17. The topological polar surface area (TPSA) is 52.3 Å². The average Bonchev–Trinajstić information content (AvgIpc) is 3.15. The number of aromatic nitrogens is 1. The summed E-state index contributed by atoms with van der Waals surface area (Å²) in [4.78, 5) is 16.2. The van der Waals surface area contributed by atoms with Crippen molar-refractivity contribution in [1.29, 1.82) is 5.26 Å². The predicted octanol–water partition coefficient (Wildman–Crippen LogP) is 2.63. The van der Waals surface area contributed by atoms with Gasteiger partial charge in [0.05, 0.1) is 5.69 Å². The first-order valence-electron chi connectivity index (χ1n) is 8.51. The van der Waals surface area contributed by atoms with Gasteiger partial charge in [-0.1, -0.05) is 6.07 Å². The maximum absolute atomic E-state index is 13.8. The first kappa shape index (κ1) is 17.0. The SMILES string of the molecule is N#Cc1c(F)cccc1N1CCN(C(=O)CCCn2cccc2)CC1. The molecule has 1 fully saturated rings. The fourth-order valence-electron chi connectivity index (χ4n) is 3.17. The zero-order valence-electron chi connectivity index (χ0n) is 14.1. The van der Waals surface area contributed by atoms with Gasteiger partial charge in [-0.2, -0.15) is 5.26 Å². The number of anilines is 1. The van der Waals surface area contributed by atoms with Crippen LogP contribution in [0, 0.1) is 17.1 Å². The molecule has 25 heavy (non-hydrogen) atoms. The predicted molar refractivity (Wildman–Crippen MR) is 93.6 cm³/mol. The molecule has 1 aliphatic rings. The summed E-state index contributed by atoms with van der Waals surface area (Å²) in [6, 6.07) is 10.6. The molecule has 1 saturated heterocycles. The summed E-state index contributed by atoms with van der Waals surface area (Å²) >= 11 is 0. The van der Waals surface area contributed by atoms with Gasteiger partial charge in [-0.15, -0.1) is 0 Å². The quantitative estimate of drug-likeness (QED) is 0.841. The Hall–Kier alpha value is -2.81. The third-order valence-electron chi connectivity index (χ3n) is 4.55. The molecule has 130 valence electrons. The van der Waals surface area contributed by atoms with Gasteiger partial charge in [0.2, 0.25) is 5.91 Å². The Labute approximate surface area is 146 Å². The Balaban J connectivity index is 1.51. The lowest BCUT2D eigenvalue weighted by atomic mass is 10.1. The van der Waals surface area contributed by atoms with Crippen LogP contribution in [0.5, 0.6) is 0 Å². The molecule has 3 rings (SSSR count). The number of halogens is 1. The van der Waals surface area contributed by atoms with Crippen LogP contribution in [-0.4, -0.2) is 41.6 Å². The minimum Gasteiger partial charge on any atom is -0.367 e. The Bertz CT molecular complexity index is 758. The van der Waals surface area contributed by atoms with Gasteiger partial charge in [0.1, 0.15) is 17.4 Å². The van der Waals surface area contributed by atoms with Crippen LogP contribution < -0.4 is 4.90 Å². The van der Waals surface area contributed by atoms with E-state index >= 15 is 0 Å². The summed E-state index contributed by atoms with van der Waals surface area (Å²) in [6.07, 6.45) is 5.34. The highest BCUT2D eigenvalue weighted by Crippen LogP contribution is 2.23. The second-order valence-corrected chi connectivity index (χ2v) is 6.14. The van der Waals surface area contributed by atoms with Crippen molar-refractivity contribution in [2.75, 3.05) is 31.1 Å². The maximum Gasteiger partial charge on any atom is 0.222 e. The molecular weight excluding hydrogens is 319 g/mol. The number of carbonyl (C=O) groups is 1. The van der Waals surface area contributed by atoms with Crippen molar-refractivity contribution >= 4 is 11.6 Å². The van der Waals surface area contributed by atoms with Crippen molar-refractivity contribution in [3.05, 3.63) is 54.1 Å². The van der Waals surface area contributed by atoms with Crippen LogP contribution >= 0.6 is 0 Å². The van der Waals surface area contributed by atoms with Gasteiger partial charge in [-0.25, -0.2) is 4.39 Å². The average molecular weight is 340 g/mol. The molecular formula is C19H21FN4O. The van der Waals surface area contributed by atoms with E-state index in [-0.39, 0.29) is 11.5 Å². The Kier molecular flexibility index (Phi) is 5.34. The standard InChI is InChI=1S/C19H21FN4O/c20-17-5-3-6-18(16(17)15-21)23-11-13-24(14-12-23)19(25)7-4-10-22-8-1-2-9-22/h1-3,5-6,8-9H,4,7,10-14H2. The molecule has 1 aromatic heterocycles. The van der Waals surface area contributed by atoms with Gasteiger partial charge in [0, 0.05) is 51.5 Å². The molecule has 0 saturated carbocycles. The number of piperazine rings is 1. The number of rotatable bonds is 5. The lowest BCUT2D eigenvalue weighted by Gasteiger charge is -2.36. The van der Waals surface area contributed by atoms with Crippen LogP contribution in [0.15, 0.2) is 42.7 Å². The summed E-state index contributed by atoms with van der Waals surface area (Å²) in [5.74, 6) is -0.338. The van der Waals surface area contributed by atoms with Crippen molar-refractivity contribution < 1.29 is 9.18 Å². The van der Waals surface area contributed by atoms with E-state index in [1.54, 1.807) is 12.1 Å². The lowest BCUT2D eigenvalue weighted by molar-refractivity contribution is -0.131. The number of benzene rings is 1. The third kappa shape index (κ3) is 4.00. The molecule has 1 amide bonds. The highest BCUT2D eigenvalue weighted by atomic mass is 19.1. The summed E-state index contributed by atoms with van der Waals surface area (Å²) in [5, 5.41) is 9.16. The first-order chi connectivity index (χ1) is 12.2.